The van der Waals surface area contributed by atoms with E-state index in [4.69, 9.17) is 34.4 Å². The summed E-state index contributed by atoms with van der Waals surface area (Å²) >= 11 is 0. The lowest BCUT2D eigenvalue weighted by molar-refractivity contribution is -0.393. The number of para-hydroxylation sites is 1. The fraction of sp³-hybridized carbons (Fsp3) is 0.386. The third-order valence-electron chi connectivity index (χ3n) is 10.5. The predicted octanol–water partition coefficient (Wildman–Crippen LogP) is -3.04. The summed E-state index contributed by atoms with van der Waals surface area (Å²) < 4.78 is 0. The summed E-state index contributed by atoms with van der Waals surface area (Å²) in [6.07, 6.45) is -0.878. The number of nitrogens with two attached hydrogens (primary N) is 6. The molecule has 3 rings (SSSR count). The molecule has 0 saturated heterocycles. The molecule has 0 aliphatic rings. The van der Waals surface area contributed by atoms with Crippen molar-refractivity contribution in [1.82, 2.24) is 31.9 Å². The number of aliphatic hydroxyl groups is 1. The van der Waals surface area contributed by atoms with Crippen molar-refractivity contribution in [3.8, 4) is 0 Å². The van der Waals surface area contributed by atoms with E-state index in [2.05, 4.69) is 47.2 Å². The number of anilines is 2. The van der Waals surface area contributed by atoms with Crippen LogP contribution in [-0.4, -0.2) is 131 Å². The summed E-state index contributed by atoms with van der Waals surface area (Å²) in [5, 5.41) is 50.8. The Morgan fingerprint density at radius 1 is 0.603 bits per heavy atom. The Kier molecular flexibility index (Phi) is 23.7. The van der Waals surface area contributed by atoms with Crippen LogP contribution in [0.15, 0.2) is 82.8 Å². The van der Waals surface area contributed by atoms with E-state index in [0.717, 1.165) is 18.2 Å². The van der Waals surface area contributed by atoms with Crippen LogP contribution in [0.2, 0.25) is 0 Å². The van der Waals surface area contributed by atoms with Gasteiger partial charge in [0.2, 0.25) is 35.4 Å². The SMILES string of the molecule is NC(=O)CC[C@H](NC(=O)[C@H](CCCN=C(N)N)NC(=O)[C@H](CO)NC(=O)[C@H](CCCN=C(N)N)NC(=O)[C@H](Cc1ccccc1)NC(=O)c1ccccc1N)C(=O)NCCNc1ccc([N+](=O)[O-])cc1[N+](=O)[O-]. The number of hydrogen-bond donors (Lipinski definition) is 14. The van der Waals surface area contributed by atoms with Gasteiger partial charge in [-0.25, -0.2) is 0 Å². The summed E-state index contributed by atoms with van der Waals surface area (Å²) in [6, 6.07) is 10.4. The molecule has 0 unspecified atom stereocenters. The average molecular weight is 1020 g/mol. The second kappa shape index (κ2) is 29.8. The van der Waals surface area contributed by atoms with Crippen LogP contribution in [0.3, 0.4) is 0 Å². The highest BCUT2D eigenvalue weighted by Crippen LogP contribution is 2.28. The van der Waals surface area contributed by atoms with Crippen molar-refractivity contribution in [2.75, 3.05) is 43.8 Å². The van der Waals surface area contributed by atoms with Crippen LogP contribution in [0.5, 0.6) is 0 Å². The maximum Gasteiger partial charge on any atom is 0.299 e. The van der Waals surface area contributed by atoms with Gasteiger partial charge in [0.1, 0.15) is 35.9 Å². The zero-order valence-corrected chi connectivity index (χ0v) is 39.5. The normalized spacial score (nSPS) is 12.7. The van der Waals surface area contributed by atoms with Crippen LogP contribution < -0.4 is 71.6 Å². The summed E-state index contributed by atoms with van der Waals surface area (Å²) in [6.45, 7) is -1.40. The lowest BCUT2D eigenvalue weighted by Crippen LogP contribution is -2.60. The number of benzene rings is 3. The maximum atomic E-state index is 14.0. The molecule has 0 bridgehead atoms. The third-order valence-corrected chi connectivity index (χ3v) is 10.5. The first kappa shape index (κ1) is 58.2. The minimum atomic E-state index is -1.76. The molecule has 0 aromatic heterocycles. The van der Waals surface area contributed by atoms with Crippen molar-refractivity contribution in [1.29, 1.82) is 0 Å². The Balaban J connectivity index is 1.83. The van der Waals surface area contributed by atoms with Crippen molar-refractivity contribution >= 4 is 76.0 Å². The number of nitrogens with zero attached hydrogens (tertiary/aromatic N) is 4. The molecule has 0 fully saturated rings. The number of guanidine groups is 2. The molecule has 3 aromatic rings. The molecule has 73 heavy (non-hydrogen) atoms. The number of non-ortho nitro benzene ring substituents is 1. The molecule has 3 aromatic carbocycles. The van der Waals surface area contributed by atoms with Gasteiger partial charge in [-0.3, -0.25) is 63.8 Å². The number of nitro benzene ring substituents is 2. The number of nitrogens with one attached hydrogen (secondary N) is 7. The summed E-state index contributed by atoms with van der Waals surface area (Å²) in [5.41, 5.74) is 32.8. The van der Waals surface area contributed by atoms with Crippen LogP contribution in [0.4, 0.5) is 22.7 Å². The highest BCUT2D eigenvalue weighted by atomic mass is 16.6. The maximum absolute atomic E-state index is 14.0. The number of hydrogen-bond acceptors (Lipinski definition) is 16. The number of nitrogen functional groups attached to an aromatic ring is 1. The van der Waals surface area contributed by atoms with E-state index in [-0.39, 0.29) is 93.6 Å². The fourth-order valence-corrected chi connectivity index (χ4v) is 6.82. The lowest BCUT2D eigenvalue weighted by atomic mass is 10.0. The van der Waals surface area contributed by atoms with Crippen molar-refractivity contribution in [3.63, 3.8) is 0 Å². The number of rotatable bonds is 31. The molecule has 0 heterocycles. The molecule has 0 aliphatic carbocycles. The van der Waals surface area contributed by atoms with Crippen LogP contribution in [0.25, 0.3) is 0 Å². The van der Waals surface area contributed by atoms with Crippen LogP contribution >= 0.6 is 0 Å². The fourth-order valence-electron chi connectivity index (χ4n) is 6.82. The average Bonchev–Trinajstić information content (AvgIpc) is 3.34. The van der Waals surface area contributed by atoms with Crippen molar-refractivity contribution < 1.29 is 48.5 Å². The minimum absolute atomic E-state index is 0.0162. The van der Waals surface area contributed by atoms with Gasteiger partial charge in [-0.1, -0.05) is 42.5 Å². The molecular formula is C44H61N17O12. The van der Waals surface area contributed by atoms with Gasteiger partial charge >= 0.3 is 0 Å². The van der Waals surface area contributed by atoms with Crippen LogP contribution in [-0.2, 0) is 35.2 Å². The molecule has 5 atom stereocenters. The van der Waals surface area contributed by atoms with Crippen molar-refractivity contribution in [3.05, 3.63) is 104 Å². The van der Waals surface area contributed by atoms with Gasteiger partial charge in [0.25, 0.3) is 17.3 Å². The number of amides is 7. The number of primary amides is 1. The highest BCUT2D eigenvalue weighted by molar-refractivity contribution is 6.02. The Hall–Kier alpha value is -9.15. The Bertz CT molecular complexity index is 2490. The molecule has 29 heteroatoms. The second-order valence-corrected chi connectivity index (χ2v) is 16.1. The first-order chi connectivity index (χ1) is 34.7. The van der Waals surface area contributed by atoms with Gasteiger partial charge in [0.15, 0.2) is 11.9 Å². The standard InChI is InChI=1S/C44H61N17O12/c45-28-11-5-4-10-27(28)37(64)58-33(22-25-8-2-1-3-9-25)41(68)55-31(13-7-19-54-44(49)50)40(67)59-34(24-62)42(69)56-30(12-6-18-53-43(47)48)39(66)57-32(16-17-36(46)63)38(65)52-21-20-51-29-15-14-26(60(70)71)23-35(29)61(72)73/h1-5,8-11,14-15,23,30-34,51,62H,6-7,12-13,16-22,24,45H2,(H2,46,63)(H,52,65)(H,55,68)(H,56,69)(H,57,66)(H,58,64)(H,59,67)(H4,47,48,53)(H4,49,50,54)/t30-,31-,32-,33-,34-/m0/s1. The quantitative estimate of drug-likeness (QED) is 0.00761. The van der Waals surface area contributed by atoms with Crippen LogP contribution in [0, 0.1) is 20.2 Å². The van der Waals surface area contributed by atoms with E-state index in [9.17, 15) is 58.9 Å². The largest absolute Gasteiger partial charge is 0.398 e. The van der Waals surface area contributed by atoms with E-state index in [1.54, 1.807) is 42.5 Å². The number of nitro groups is 2. The van der Waals surface area contributed by atoms with E-state index in [1.807, 2.05) is 0 Å². The smallest absolute Gasteiger partial charge is 0.299 e. The zero-order chi connectivity index (χ0) is 54.0. The molecule has 7 amide bonds. The van der Waals surface area contributed by atoms with E-state index >= 15 is 0 Å². The van der Waals surface area contributed by atoms with Gasteiger partial charge in [-0.2, -0.15) is 0 Å². The van der Waals surface area contributed by atoms with Crippen molar-refractivity contribution in [2.45, 2.75) is 75.2 Å². The molecule has 29 nitrogen and oxygen atoms in total. The molecule has 0 aliphatic heterocycles. The molecule has 20 N–H and O–H groups in total. The third kappa shape index (κ3) is 20.4. The molecule has 0 saturated carbocycles. The van der Waals surface area contributed by atoms with E-state index in [1.165, 1.54) is 12.1 Å². The number of aliphatic hydroxyl groups excluding tert-OH is 1. The first-order valence-electron chi connectivity index (χ1n) is 22.6. The van der Waals surface area contributed by atoms with Gasteiger partial charge in [0, 0.05) is 50.8 Å². The summed E-state index contributed by atoms with van der Waals surface area (Å²) in [4.78, 5) is 123. The highest BCUT2D eigenvalue weighted by Gasteiger charge is 2.33. The monoisotopic (exact) mass is 1020 g/mol. The first-order valence-corrected chi connectivity index (χ1v) is 22.6. The van der Waals surface area contributed by atoms with E-state index < -0.39 is 106 Å². The van der Waals surface area contributed by atoms with Gasteiger partial charge < -0.3 is 76.7 Å². The van der Waals surface area contributed by atoms with Gasteiger partial charge in [-0.05, 0) is 55.9 Å². The molecular weight excluding hydrogens is 959 g/mol. The number of aliphatic imine (C=N–C) groups is 2. The summed E-state index contributed by atoms with van der Waals surface area (Å²) in [5.74, 6) is -6.72. The topological polar surface area (TPSA) is 491 Å². The minimum Gasteiger partial charge on any atom is -0.398 e. The van der Waals surface area contributed by atoms with Gasteiger partial charge in [0.05, 0.1) is 28.1 Å². The lowest BCUT2D eigenvalue weighted by Gasteiger charge is -2.27. The zero-order valence-electron chi connectivity index (χ0n) is 39.5. The molecule has 0 radical (unpaired) electrons. The Labute approximate surface area is 417 Å². The van der Waals surface area contributed by atoms with Crippen LogP contribution in [0.1, 0.15) is 54.4 Å². The second-order valence-electron chi connectivity index (χ2n) is 16.1. The molecule has 394 valence electrons. The summed E-state index contributed by atoms with van der Waals surface area (Å²) in [7, 11) is 0. The number of carbonyl (C=O) groups is 7. The number of carbonyl (C=O) groups excluding carboxylic acids is 7. The molecule has 0 spiro atoms. The van der Waals surface area contributed by atoms with Gasteiger partial charge in [-0.15, -0.1) is 0 Å². The van der Waals surface area contributed by atoms with Crippen molar-refractivity contribution in [2.24, 2.45) is 38.7 Å². The Morgan fingerprint density at radius 3 is 1.64 bits per heavy atom. The Morgan fingerprint density at radius 2 is 1.12 bits per heavy atom. The van der Waals surface area contributed by atoms with E-state index in [0.29, 0.717) is 5.56 Å². The predicted molar refractivity (Wildman–Crippen MR) is 267 cm³/mol.